The number of allylic oxidation sites excluding steroid dienone is 1. The van der Waals surface area contributed by atoms with Gasteiger partial charge >= 0.3 is 0 Å². The molecule has 1 aliphatic rings. The highest BCUT2D eigenvalue weighted by Gasteiger charge is 2.19. The molecule has 0 saturated carbocycles. The van der Waals surface area contributed by atoms with Gasteiger partial charge in [0.05, 0.1) is 5.02 Å². The SMILES string of the molecule is Oc1c(C2C=CSC2)cc(Cl)c2cccnc12. The Balaban J connectivity index is 2.26. The highest BCUT2D eigenvalue weighted by atomic mass is 35.5. The zero-order chi connectivity index (χ0) is 11.8. The van der Waals surface area contributed by atoms with E-state index >= 15 is 0 Å². The van der Waals surface area contributed by atoms with Gasteiger partial charge in [0.25, 0.3) is 0 Å². The normalized spacial score (nSPS) is 19.0. The molecule has 1 aromatic heterocycles. The van der Waals surface area contributed by atoms with Crippen molar-refractivity contribution < 1.29 is 5.11 Å². The summed E-state index contributed by atoms with van der Waals surface area (Å²) < 4.78 is 0. The first kappa shape index (κ1) is 10.9. The lowest BCUT2D eigenvalue weighted by Crippen LogP contribution is -1.97. The van der Waals surface area contributed by atoms with Gasteiger partial charge in [-0.2, -0.15) is 0 Å². The number of phenolic OH excluding ortho intramolecular Hbond substituents is 1. The molecule has 1 N–H and O–H groups in total. The van der Waals surface area contributed by atoms with Gasteiger partial charge in [-0.1, -0.05) is 17.7 Å². The Morgan fingerprint density at radius 2 is 2.35 bits per heavy atom. The lowest BCUT2D eigenvalue weighted by Gasteiger charge is -2.12. The highest BCUT2D eigenvalue weighted by Crippen LogP contribution is 2.40. The molecule has 0 spiro atoms. The van der Waals surface area contributed by atoms with Gasteiger partial charge in [0.1, 0.15) is 11.3 Å². The van der Waals surface area contributed by atoms with Crippen molar-refractivity contribution in [3.8, 4) is 5.75 Å². The summed E-state index contributed by atoms with van der Waals surface area (Å²) in [6, 6.07) is 5.54. The molecule has 0 aliphatic carbocycles. The van der Waals surface area contributed by atoms with Crippen LogP contribution in [-0.4, -0.2) is 15.8 Å². The molecule has 2 heterocycles. The highest BCUT2D eigenvalue weighted by molar-refractivity contribution is 8.02. The Morgan fingerprint density at radius 3 is 3.12 bits per heavy atom. The number of halogens is 1. The summed E-state index contributed by atoms with van der Waals surface area (Å²) in [6.07, 6.45) is 3.76. The van der Waals surface area contributed by atoms with E-state index in [1.54, 1.807) is 18.0 Å². The average molecular weight is 264 g/mol. The lowest BCUT2D eigenvalue weighted by atomic mass is 9.98. The second kappa shape index (κ2) is 4.24. The van der Waals surface area contributed by atoms with Crippen LogP contribution >= 0.6 is 23.4 Å². The molecule has 86 valence electrons. The first-order valence-electron chi connectivity index (χ1n) is 5.32. The van der Waals surface area contributed by atoms with Crippen molar-refractivity contribution in [1.82, 2.24) is 4.98 Å². The van der Waals surface area contributed by atoms with E-state index in [0.717, 1.165) is 16.7 Å². The Labute approximate surface area is 108 Å². The summed E-state index contributed by atoms with van der Waals surface area (Å²) in [4.78, 5) is 4.21. The van der Waals surface area contributed by atoms with Crippen LogP contribution in [0.3, 0.4) is 0 Å². The van der Waals surface area contributed by atoms with Crippen molar-refractivity contribution in [2.45, 2.75) is 5.92 Å². The summed E-state index contributed by atoms with van der Waals surface area (Å²) in [6.45, 7) is 0. The fraction of sp³-hybridized carbons (Fsp3) is 0.154. The van der Waals surface area contributed by atoms with Crippen LogP contribution in [-0.2, 0) is 0 Å². The Hall–Kier alpha value is -1.19. The van der Waals surface area contributed by atoms with E-state index in [1.165, 1.54) is 0 Å². The number of rotatable bonds is 1. The number of hydrogen-bond donors (Lipinski definition) is 1. The monoisotopic (exact) mass is 263 g/mol. The van der Waals surface area contributed by atoms with Crippen molar-refractivity contribution >= 4 is 34.3 Å². The number of aromatic nitrogens is 1. The predicted octanol–water partition coefficient (Wildman–Crippen LogP) is 3.94. The van der Waals surface area contributed by atoms with Gasteiger partial charge in [-0.25, -0.2) is 0 Å². The smallest absolute Gasteiger partial charge is 0.145 e. The van der Waals surface area contributed by atoms with Crippen molar-refractivity contribution in [2.24, 2.45) is 0 Å². The zero-order valence-corrected chi connectivity index (χ0v) is 10.5. The molecule has 0 bridgehead atoms. The molecule has 17 heavy (non-hydrogen) atoms. The van der Waals surface area contributed by atoms with Gasteiger partial charge in [0.15, 0.2) is 0 Å². The van der Waals surface area contributed by atoms with E-state index in [0.29, 0.717) is 10.5 Å². The van der Waals surface area contributed by atoms with Gasteiger partial charge < -0.3 is 5.11 Å². The largest absolute Gasteiger partial charge is 0.505 e. The standard InChI is InChI=1S/C13H10ClNOS/c14-11-6-10(8-3-5-17-7-8)13(16)12-9(11)2-1-4-15-12/h1-6,8,16H,7H2. The third-order valence-corrected chi connectivity index (χ3v) is 4.14. The van der Waals surface area contributed by atoms with Crippen molar-refractivity contribution in [3.05, 3.63) is 46.5 Å². The number of thioether (sulfide) groups is 1. The van der Waals surface area contributed by atoms with E-state index in [1.807, 2.05) is 18.2 Å². The van der Waals surface area contributed by atoms with Crippen LogP contribution in [0.4, 0.5) is 0 Å². The minimum atomic E-state index is 0.226. The number of phenols is 1. The molecule has 1 aliphatic heterocycles. The quantitative estimate of drug-likeness (QED) is 0.846. The molecule has 3 rings (SSSR count). The minimum Gasteiger partial charge on any atom is -0.505 e. The first-order chi connectivity index (χ1) is 8.27. The molecule has 0 amide bonds. The van der Waals surface area contributed by atoms with Crippen LogP contribution in [0.1, 0.15) is 11.5 Å². The lowest BCUT2D eigenvalue weighted by molar-refractivity contribution is 0.472. The summed E-state index contributed by atoms with van der Waals surface area (Å²) in [7, 11) is 0. The fourth-order valence-corrected chi connectivity index (χ4v) is 3.23. The topological polar surface area (TPSA) is 33.1 Å². The Bertz CT molecular complexity index is 612. The Morgan fingerprint density at radius 1 is 1.47 bits per heavy atom. The van der Waals surface area contributed by atoms with E-state index in [2.05, 4.69) is 16.5 Å². The number of fused-ring (bicyclic) bond motifs is 1. The number of benzene rings is 1. The summed E-state index contributed by atoms with van der Waals surface area (Å²) in [5.41, 5.74) is 1.45. The molecule has 0 fully saturated rings. The molecule has 1 atom stereocenters. The van der Waals surface area contributed by atoms with Crippen LogP contribution in [0.5, 0.6) is 5.75 Å². The van der Waals surface area contributed by atoms with E-state index in [4.69, 9.17) is 11.6 Å². The molecule has 0 radical (unpaired) electrons. The van der Waals surface area contributed by atoms with E-state index < -0.39 is 0 Å². The summed E-state index contributed by atoms with van der Waals surface area (Å²) in [5.74, 6) is 1.42. The predicted molar refractivity (Wildman–Crippen MR) is 72.8 cm³/mol. The van der Waals surface area contributed by atoms with Gasteiger partial charge in [-0.15, -0.1) is 11.8 Å². The van der Waals surface area contributed by atoms with Crippen molar-refractivity contribution in [3.63, 3.8) is 0 Å². The van der Waals surface area contributed by atoms with Gasteiger partial charge in [0.2, 0.25) is 0 Å². The maximum Gasteiger partial charge on any atom is 0.145 e. The molecule has 2 nitrogen and oxygen atoms in total. The van der Waals surface area contributed by atoms with Gasteiger partial charge in [-0.3, -0.25) is 4.98 Å². The molecular weight excluding hydrogens is 254 g/mol. The third kappa shape index (κ3) is 1.79. The number of aromatic hydroxyl groups is 1. The summed E-state index contributed by atoms with van der Waals surface area (Å²) >= 11 is 7.97. The number of hydrogen-bond acceptors (Lipinski definition) is 3. The first-order valence-corrected chi connectivity index (χ1v) is 6.74. The molecule has 2 aromatic rings. The maximum absolute atomic E-state index is 10.3. The van der Waals surface area contributed by atoms with Crippen LogP contribution in [0.15, 0.2) is 35.9 Å². The molecule has 4 heteroatoms. The molecular formula is C13H10ClNOS. The second-order valence-electron chi connectivity index (χ2n) is 3.96. The summed E-state index contributed by atoms with van der Waals surface area (Å²) in [5, 5.41) is 13.8. The van der Waals surface area contributed by atoms with Crippen LogP contribution < -0.4 is 0 Å². The molecule has 1 unspecified atom stereocenters. The second-order valence-corrected chi connectivity index (χ2v) is 5.31. The Kier molecular flexibility index (Phi) is 2.73. The number of nitrogens with zero attached hydrogens (tertiary/aromatic N) is 1. The average Bonchev–Trinajstić information content (AvgIpc) is 2.87. The van der Waals surface area contributed by atoms with Crippen LogP contribution in [0, 0.1) is 0 Å². The third-order valence-electron chi connectivity index (χ3n) is 2.93. The van der Waals surface area contributed by atoms with Crippen LogP contribution in [0.2, 0.25) is 5.02 Å². The molecule has 0 saturated heterocycles. The van der Waals surface area contributed by atoms with Gasteiger partial charge in [0, 0.05) is 28.8 Å². The van der Waals surface area contributed by atoms with Crippen LogP contribution in [0.25, 0.3) is 10.9 Å². The molecule has 1 aromatic carbocycles. The maximum atomic E-state index is 10.3. The fourth-order valence-electron chi connectivity index (χ4n) is 2.05. The van der Waals surface area contributed by atoms with E-state index in [-0.39, 0.29) is 11.7 Å². The number of pyridine rings is 1. The van der Waals surface area contributed by atoms with Crippen molar-refractivity contribution in [1.29, 1.82) is 0 Å². The van der Waals surface area contributed by atoms with Crippen molar-refractivity contribution in [2.75, 3.05) is 5.75 Å². The van der Waals surface area contributed by atoms with E-state index in [9.17, 15) is 5.11 Å². The zero-order valence-electron chi connectivity index (χ0n) is 8.93. The minimum absolute atomic E-state index is 0.226. The van der Waals surface area contributed by atoms with Gasteiger partial charge in [-0.05, 0) is 23.6 Å².